The standard InChI is InChI=1S/C9H17NO3S/c1-6(4-5-14-3)10-8(11)7(2)9(12)13/h6-7H,4-5H2,1-3H3,(H,10,11)(H,12,13). The van der Waals surface area contributed by atoms with Gasteiger partial charge < -0.3 is 10.4 Å². The average Bonchev–Trinajstić information content (AvgIpc) is 2.13. The molecule has 0 aromatic heterocycles. The van der Waals surface area contributed by atoms with Crippen LogP contribution in [0.3, 0.4) is 0 Å². The number of nitrogens with one attached hydrogen (secondary N) is 1. The van der Waals surface area contributed by atoms with Gasteiger partial charge in [-0.25, -0.2) is 0 Å². The molecule has 0 rings (SSSR count). The van der Waals surface area contributed by atoms with Gasteiger partial charge in [0.2, 0.25) is 5.91 Å². The Kier molecular flexibility index (Phi) is 6.36. The second kappa shape index (κ2) is 6.70. The van der Waals surface area contributed by atoms with E-state index < -0.39 is 17.8 Å². The molecule has 1 amide bonds. The van der Waals surface area contributed by atoms with Gasteiger partial charge in [-0.05, 0) is 32.3 Å². The van der Waals surface area contributed by atoms with Gasteiger partial charge in [0.25, 0.3) is 0 Å². The van der Waals surface area contributed by atoms with Gasteiger partial charge in [-0.15, -0.1) is 0 Å². The maximum Gasteiger partial charge on any atom is 0.315 e. The molecular weight excluding hydrogens is 202 g/mol. The lowest BCUT2D eigenvalue weighted by atomic mass is 10.1. The maximum absolute atomic E-state index is 11.3. The molecule has 0 saturated carbocycles. The van der Waals surface area contributed by atoms with Crippen molar-refractivity contribution in [1.82, 2.24) is 5.32 Å². The molecule has 0 heterocycles. The summed E-state index contributed by atoms with van der Waals surface area (Å²) in [5.41, 5.74) is 0. The van der Waals surface area contributed by atoms with Crippen molar-refractivity contribution in [2.45, 2.75) is 26.3 Å². The molecule has 2 N–H and O–H groups in total. The van der Waals surface area contributed by atoms with Gasteiger partial charge in [0.05, 0.1) is 0 Å². The Morgan fingerprint density at radius 1 is 1.43 bits per heavy atom. The fourth-order valence-electron chi connectivity index (χ4n) is 0.847. The van der Waals surface area contributed by atoms with Crippen LogP contribution >= 0.6 is 11.8 Å². The van der Waals surface area contributed by atoms with Gasteiger partial charge in [-0.2, -0.15) is 11.8 Å². The molecule has 0 aliphatic carbocycles. The summed E-state index contributed by atoms with van der Waals surface area (Å²) < 4.78 is 0. The fourth-order valence-corrected chi connectivity index (χ4v) is 1.44. The van der Waals surface area contributed by atoms with E-state index in [9.17, 15) is 9.59 Å². The van der Waals surface area contributed by atoms with E-state index in [0.29, 0.717) is 0 Å². The first-order chi connectivity index (χ1) is 6.49. The number of hydrogen-bond donors (Lipinski definition) is 2. The first-order valence-electron chi connectivity index (χ1n) is 4.51. The number of carboxylic acids is 1. The Labute approximate surface area is 88.4 Å². The highest BCUT2D eigenvalue weighted by molar-refractivity contribution is 7.98. The first-order valence-corrected chi connectivity index (χ1v) is 5.90. The summed E-state index contributed by atoms with van der Waals surface area (Å²) in [5, 5.41) is 11.2. The number of rotatable bonds is 6. The molecule has 0 saturated heterocycles. The Hall–Kier alpha value is -0.710. The Morgan fingerprint density at radius 2 is 2.00 bits per heavy atom. The van der Waals surface area contributed by atoms with Crippen LogP contribution in [-0.4, -0.2) is 35.0 Å². The number of amides is 1. The van der Waals surface area contributed by atoms with E-state index in [-0.39, 0.29) is 6.04 Å². The largest absolute Gasteiger partial charge is 0.481 e. The van der Waals surface area contributed by atoms with Crippen molar-refractivity contribution in [2.24, 2.45) is 5.92 Å². The number of thioether (sulfide) groups is 1. The van der Waals surface area contributed by atoms with Crippen LogP contribution in [0.15, 0.2) is 0 Å². The molecule has 2 atom stereocenters. The van der Waals surface area contributed by atoms with Crippen molar-refractivity contribution in [1.29, 1.82) is 0 Å². The van der Waals surface area contributed by atoms with Crippen LogP contribution in [0.25, 0.3) is 0 Å². The van der Waals surface area contributed by atoms with E-state index >= 15 is 0 Å². The van der Waals surface area contributed by atoms with Crippen molar-refractivity contribution in [3.63, 3.8) is 0 Å². The molecule has 4 nitrogen and oxygen atoms in total. The third-order valence-corrected chi connectivity index (χ3v) is 2.55. The smallest absolute Gasteiger partial charge is 0.315 e. The molecule has 0 fully saturated rings. The summed E-state index contributed by atoms with van der Waals surface area (Å²) in [7, 11) is 0. The van der Waals surface area contributed by atoms with Crippen LogP contribution in [0, 0.1) is 5.92 Å². The highest BCUT2D eigenvalue weighted by Gasteiger charge is 2.21. The Bertz CT molecular complexity index is 208. The second-order valence-electron chi connectivity index (χ2n) is 3.25. The lowest BCUT2D eigenvalue weighted by Gasteiger charge is -2.14. The second-order valence-corrected chi connectivity index (χ2v) is 4.24. The zero-order valence-electron chi connectivity index (χ0n) is 8.74. The molecule has 0 radical (unpaired) electrons. The minimum atomic E-state index is -1.08. The normalized spacial score (nSPS) is 14.5. The van der Waals surface area contributed by atoms with Crippen LogP contribution in [0.5, 0.6) is 0 Å². The monoisotopic (exact) mass is 219 g/mol. The van der Waals surface area contributed by atoms with Gasteiger partial charge in [-0.1, -0.05) is 0 Å². The molecule has 0 aliphatic heterocycles. The lowest BCUT2D eigenvalue weighted by molar-refractivity contribution is -0.146. The fraction of sp³-hybridized carbons (Fsp3) is 0.778. The van der Waals surface area contributed by atoms with Crippen molar-refractivity contribution < 1.29 is 14.7 Å². The number of carbonyl (C=O) groups excluding carboxylic acids is 1. The predicted octanol–water partition coefficient (Wildman–Crippen LogP) is 0.965. The van der Waals surface area contributed by atoms with Gasteiger partial charge in [-0.3, -0.25) is 9.59 Å². The third kappa shape index (κ3) is 5.11. The van der Waals surface area contributed by atoms with Crippen molar-refractivity contribution >= 4 is 23.6 Å². The third-order valence-electron chi connectivity index (χ3n) is 1.91. The summed E-state index contributed by atoms with van der Waals surface area (Å²) in [5.74, 6) is -1.50. The van der Waals surface area contributed by atoms with Gasteiger partial charge >= 0.3 is 5.97 Å². The predicted molar refractivity (Wildman–Crippen MR) is 57.4 cm³/mol. The van der Waals surface area contributed by atoms with Crippen LogP contribution in [0.4, 0.5) is 0 Å². The Balaban J connectivity index is 3.87. The highest BCUT2D eigenvalue weighted by atomic mass is 32.2. The maximum atomic E-state index is 11.3. The molecule has 0 aromatic carbocycles. The Morgan fingerprint density at radius 3 is 2.43 bits per heavy atom. The highest BCUT2D eigenvalue weighted by Crippen LogP contribution is 2.02. The van der Waals surface area contributed by atoms with Crippen LogP contribution in [0.2, 0.25) is 0 Å². The van der Waals surface area contributed by atoms with E-state index in [1.54, 1.807) is 11.8 Å². The van der Waals surface area contributed by atoms with Crippen molar-refractivity contribution in [3.05, 3.63) is 0 Å². The topological polar surface area (TPSA) is 66.4 Å². The van der Waals surface area contributed by atoms with Crippen LogP contribution < -0.4 is 5.32 Å². The molecule has 0 bridgehead atoms. The SMILES string of the molecule is CSCCC(C)NC(=O)C(C)C(=O)O. The summed E-state index contributed by atoms with van der Waals surface area (Å²) in [6.07, 6.45) is 2.85. The number of hydrogen-bond acceptors (Lipinski definition) is 3. The van der Waals surface area contributed by atoms with Gasteiger partial charge in [0.15, 0.2) is 0 Å². The molecule has 5 heteroatoms. The molecule has 82 valence electrons. The number of aliphatic carboxylic acids is 1. The zero-order chi connectivity index (χ0) is 11.1. The van der Waals surface area contributed by atoms with Gasteiger partial charge in [0, 0.05) is 6.04 Å². The molecule has 0 spiro atoms. The van der Waals surface area contributed by atoms with Gasteiger partial charge in [0.1, 0.15) is 5.92 Å². The van der Waals surface area contributed by atoms with Crippen LogP contribution in [-0.2, 0) is 9.59 Å². The summed E-state index contributed by atoms with van der Waals surface area (Å²) >= 11 is 1.70. The molecule has 2 unspecified atom stereocenters. The summed E-state index contributed by atoms with van der Waals surface area (Å²) in [6, 6.07) is 0.0387. The van der Waals surface area contributed by atoms with E-state index in [0.717, 1.165) is 12.2 Å². The van der Waals surface area contributed by atoms with Crippen LogP contribution in [0.1, 0.15) is 20.3 Å². The first kappa shape index (κ1) is 13.3. The molecule has 14 heavy (non-hydrogen) atoms. The molecular formula is C9H17NO3S. The minimum absolute atomic E-state index is 0.0387. The van der Waals surface area contributed by atoms with E-state index in [1.807, 2.05) is 13.2 Å². The van der Waals surface area contributed by atoms with Crippen molar-refractivity contribution in [2.75, 3.05) is 12.0 Å². The quantitative estimate of drug-likeness (QED) is 0.653. The number of carbonyl (C=O) groups is 2. The summed E-state index contributed by atoms with van der Waals surface area (Å²) in [4.78, 5) is 21.7. The summed E-state index contributed by atoms with van der Waals surface area (Å²) in [6.45, 7) is 3.27. The van der Waals surface area contributed by atoms with Crippen molar-refractivity contribution in [3.8, 4) is 0 Å². The number of carboxylic acid groups (broad SMARTS) is 1. The zero-order valence-corrected chi connectivity index (χ0v) is 9.56. The minimum Gasteiger partial charge on any atom is -0.481 e. The van der Waals surface area contributed by atoms with E-state index in [2.05, 4.69) is 5.32 Å². The average molecular weight is 219 g/mol. The molecule has 0 aromatic rings. The van der Waals surface area contributed by atoms with E-state index in [1.165, 1.54) is 6.92 Å². The molecule has 0 aliphatic rings. The van der Waals surface area contributed by atoms with E-state index in [4.69, 9.17) is 5.11 Å². The lowest BCUT2D eigenvalue weighted by Crippen LogP contribution is -2.39.